The van der Waals surface area contributed by atoms with E-state index in [-0.39, 0.29) is 23.5 Å². The lowest BCUT2D eigenvalue weighted by Crippen LogP contribution is -2.37. The van der Waals surface area contributed by atoms with E-state index < -0.39 is 0 Å². The Bertz CT molecular complexity index is 452. The van der Waals surface area contributed by atoms with Crippen molar-refractivity contribution in [2.24, 2.45) is 5.73 Å². The van der Waals surface area contributed by atoms with Crippen LogP contribution in [0, 0.1) is 0 Å². The van der Waals surface area contributed by atoms with Gasteiger partial charge in [-0.1, -0.05) is 24.4 Å². The highest BCUT2D eigenvalue weighted by atomic mass is 32.2. The van der Waals surface area contributed by atoms with Crippen LogP contribution in [-0.2, 0) is 4.79 Å². The molecule has 0 radical (unpaired) electrons. The molecule has 1 unspecified atom stereocenters. The molecule has 0 fully saturated rings. The van der Waals surface area contributed by atoms with Gasteiger partial charge in [0.1, 0.15) is 10.7 Å². The van der Waals surface area contributed by atoms with Crippen LogP contribution >= 0.6 is 24.0 Å². The second kappa shape index (κ2) is 8.01. The first kappa shape index (κ1) is 15.8. The molecule has 0 bridgehead atoms. The summed E-state index contributed by atoms with van der Waals surface area (Å²) in [7, 11) is 0. The maximum atomic E-state index is 11.7. The van der Waals surface area contributed by atoms with Crippen molar-refractivity contribution in [2.75, 3.05) is 18.6 Å². The summed E-state index contributed by atoms with van der Waals surface area (Å²) in [5.41, 5.74) is 6.23. The maximum Gasteiger partial charge on any atom is 0.258 e. The Balaban J connectivity index is 2.53. The Kier molecular flexibility index (Phi) is 6.66. The summed E-state index contributed by atoms with van der Waals surface area (Å²) >= 11 is 6.61. The lowest BCUT2D eigenvalue weighted by molar-refractivity contribution is -0.123. The molecule has 1 amide bonds. The minimum absolute atomic E-state index is 0.0433. The fourth-order valence-electron chi connectivity index (χ4n) is 1.55. The Hall–Kier alpha value is -1.27. The number of nitrogens with two attached hydrogens (primary N) is 1. The van der Waals surface area contributed by atoms with Crippen LogP contribution in [0.15, 0.2) is 24.3 Å². The van der Waals surface area contributed by atoms with Crippen molar-refractivity contribution >= 4 is 34.9 Å². The zero-order chi connectivity index (χ0) is 14.3. The molecule has 0 aliphatic carbocycles. The van der Waals surface area contributed by atoms with Crippen LogP contribution < -0.4 is 15.8 Å². The molecule has 104 valence electrons. The standard InChI is InChI=1S/C13H18N2O2S2/c1-9(8-19-2)15-12(16)7-17-11-6-4-3-5-10(11)13(14)18/h3-6,9H,7-8H2,1-2H3,(H2,14,18)(H,15,16). The first-order chi connectivity index (χ1) is 9.04. The van der Waals surface area contributed by atoms with Crippen LogP contribution in [0.3, 0.4) is 0 Å². The van der Waals surface area contributed by atoms with Crippen molar-refractivity contribution in [3.05, 3.63) is 29.8 Å². The van der Waals surface area contributed by atoms with E-state index in [0.717, 1.165) is 5.75 Å². The molecule has 0 aliphatic rings. The highest BCUT2D eigenvalue weighted by molar-refractivity contribution is 7.98. The number of thioether (sulfide) groups is 1. The van der Waals surface area contributed by atoms with Gasteiger partial charge in [-0.25, -0.2) is 0 Å². The molecular formula is C13H18N2O2S2. The molecule has 6 heteroatoms. The number of carbonyl (C=O) groups excluding carboxylic acids is 1. The highest BCUT2D eigenvalue weighted by Crippen LogP contribution is 2.17. The molecule has 0 saturated carbocycles. The molecule has 0 saturated heterocycles. The molecule has 0 aliphatic heterocycles. The zero-order valence-corrected chi connectivity index (χ0v) is 12.6. The summed E-state index contributed by atoms with van der Waals surface area (Å²) in [5.74, 6) is 1.25. The number of benzene rings is 1. The molecule has 0 heterocycles. The van der Waals surface area contributed by atoms with Crippen molar-refractivity contribution in [1.82, 2.24) is 5.32 Å². The highest BCUT2D eigenvalue weighted by Gasteiger charge is 2.10. The number of thiocarbonyl (C=S) groups is 1. The first-order valence-electron chi connectivity index (χ1n) is 5.84. The van der Waals surface area contributed by atoms with E-state index >= 15 is 0 Å². The van der Waals surface area contributed by atoms with Crippen LogP contribution in [0.1, 0.15) is 12.5 Å². The zero-order valence-electron chi connectivity index (χ0n) is 11.0. The van der Waals surface area contributed by atoms with E-state index in [9.17, 15) is 4.79 Å². The summed E-state index contributed by atoms with van der Waals surface area (Å²) in [6, 6.07) is 7.27. The van der Waals surface area contributed by atoms with Gasteiger partial charge in [-0.3, -0.25) is 4.79 Å². The van der Waals surface area contributed by atoms with Crippen LogP contribution in [0.4, 0.5) is 0 Å². The molecule has 1 aromatic carbocycles. The predicted molar refractivity (Wildman–Crippen MR) is 83.8 cm³/mol. The van der Waals surface area contributed by atoms with Gasteiger partial charge in [0.15, 0.2) is 6.61 Å². The van der Waals surface area contributed by atoms with Gasteiger partial charge in [-0.15, -0.1) is 0 Å². The smallest absolute Gasteiger partial charge is 0.258 e. The third-order valence-electron chi connectivity index (χ3n) is 2.34. The second-order valence-corrected chi connectivity index (χ2v) is 5.42. The van der Waals surface area contributed by atoms with Crippen molar-refractivity contribution < 1.29 is 9.53 Å². The van der Waals surface area contributed by atoms with Gasteiger partial charge < -0.3 is 15.8 Å². The minimum atomic E-state index is -0.153. The van der Waals surface area contributed by atoms with Gasteiger partial charge in [-0.05, 0) is 25.3 Å². The van der Waals surface area contributed by atoms with E-state index in [1.807, 2.05) is 25.3 Å². The van der Waals surface area contributed by atoms with Crippen molar-refractivity contribution in [2.45, 2.75) is 13.0 Å². The van der Waals surface area contributed by atoms with Gasteiger partial charge in [-0.2, -0.15) is 11.8 Å². The third-order valence-corrected chi connectivity index (χ3v) is 3.39. The van der Waals surface area contributed by atoms with Crippen LogP contribution in [0.25, 0.3) is 0 Å². The lowest BCUT2D eigenvalue weighted by Gasteiger charge is -2.14. The van der Waals surface area contributed by atoms with Gasteiger partial charge >= 0.3 is 0 Å². The van der Waals surface area contributed by atoms with Gasteiger partial charge in [0.25, 0.3) is 5.91 Å². The largest absolute Gasteiger partial charge is 0.483 e. The number of amides is 1. The molecular weight excluding hydrogens is 280 g/mol. The maximum absolute atomic E-state index is 11.7. The van der Waals surface area contributed by atoms with Crippen LogP contribution in [-0.4, -0.2) is 35.6 Å². The van der Waals surface area contributed by atoms with E-state index in [1.54, 1.807) is 23.9 Å². The summed E-state index contributed by atoms with van der Waals surface area (Å²) in [6.45, 7) is 1.91. The Morgan fingerprint density at radius 2 is 2.21 bits per heavy atom. The summed E-state index contributed by atoms with van der Waals surface area (Å²) in [4.78, 5) is 11.9. The number of hydrogen-bond acceptors (Lipinski definition) is 4. The molecule has 0 spiro atoms. The normalized spacial score (nSPS) is 11.7. The average Bonchev–Trinajstić information content (AvgIpc) is 2.36. The van der Waals surface area contributed by atoms with E-state index in [4.69, 9.17) is 22.7 Å². The molecule has 4 nitrogen and oxygen atoms in total. The van der Waals surface area contributed by atoms with E-state index in [1.165, 1.54) is 0 Å². The predicted octanol–water partition coefficient (Wildman–Crippen LogP) is 1.57. The van der Waals surface area contributed by atoms with Crippen molar-refractivity contribution in [3.8, 4) is 5.75 Å². The molecule has 1 aromatic rings. The first-order valence-corrected chi connectivity index (χ1v) is 7.64. The number of ether oxygens (including phenoxy) is 1. The summed E-state index contributed by atoms with van der Waals surface area (Å²) < 4.78 is 5.45. The third kappa shape index (κ3) is 5.48. The Morgan fingerprint density at radius 1 is 1.53 bits per heavy atom. The summed E-state index contributed by atoms with van der Waals surface area (Å²) in [5, 5.41) is 2.85. The van der Waals surface area contributed by atoms with Crippen molar-refractivity contribution in [3.63, 3.8) is 0 Å². The van der Waals surface area contributed by atoms with E-state index in [2.05, 4.69) is 5.32 Å². The van der Waals surface area contributed by atoms with Gasteiger partial charge in [0.05, 0.1) is 5.56 Å². The fourth-order valence-corrected chi connectivity index (χ4v) is 2.30. The number of rotatable bonds is 7. The molecule has 0 aromatic heterocycles. The van der Waals surface area contributed by atoms with Gasteiger partial charge in [0, 0.05) is 11.8 Å². The second-order valence-electron chi connectivity index (χ2n) is 4.07. The van der Waals surface area contributed by atoms with Gasteiger partial charge in [0.2, 0.25) is 0 Å². The quantitative estimate of drug-likeness (QED) is 0.748. The topological polar surface area (TPSA) is 64.3 Å². The molecule has 1 rings (SSSR count). The fraction of sp³-hybridized carbons (Fsp3) is 0.385. The SMILES string of the molecule is CSCC(C)NC(=O)COc1ccccc1C(N)=S. The number of nitrogens with one attached hydrogen (secondary N) is 1. The lowest BCUT2D eigenvalue weighted by atomic mass is 10.2. The molecule has 3 N–H and O–H groups in total. The van der Waals surface area contributed by atoms with Crippen LogP contribution in [0.2, 0.25) is 0 Å². The van der Waals surface area contributed by atoms with E-state index in [0.29, 0.717) is 11.3 Å². The molecule has 1 atom stereocenters. The Morgan fingerprint density at radius 3 is 2.84 bits per heavy atom. The van der Waals surface area contributed by atoms with Crippen molar-refractivity contribution in [1.29, 1.82) is 0 Å². The number of para-hydroxylation sites is 1. The number of carbonyl (C=O) groups is 1. The van der Waals surface area contributed by atoms with Crippen LogP contribution in [0.5, 0.6) is 5.75 Å². The molecule has 19 heavy (non-hydrogen) atoms. The number of hydrogen-bond donors (Lipinski definition) is 2. The average molecular weight is 298 g/mol. The summed E-state index contributed by atoms with van der Waals surface area (Å²) in [6.07, 6.45) is 2.00. The monoisotopic (exact) mass is 298 g/mol. The minimum Gasteiger partial charge on any atom is -0.483 e. The Labute approximate surface area is 123 Å².